The summed E-state index contributed by atoms with van der Waals surface area (Å²) in [6.07, 6.45) is 13.6. The Bertz CT molecular complexity index is 455. The second-order valence-corrected chi connectivity index (χ2v) is 6.56. The van der Waals surface area contributed by atoms with Crippen LogP contribution in [-0.4, -0.2) is 0 Å². The summed E-state index contributed by atoms with van der Waals surface area (Å²) in [6.45, 7) is 2.45. The second kappa shape index (κ2) is 5.94. The molecule has 2 aliphatic rings. The van der Waals surface area contributed by atoms with E-state index in [1.54, 1.807) is 5.57 Å². The largest absolute Gasteiger partial charge is 0.0693 e. The van der Waals surface area contributed by atoms with E-state index in [9.17, 15) is 0 Å². The highest BCUT2D eigenvalue weighted by Gasteiger charge is 2.22. The van der Waals surface area contributed by atoms with Gasteiger partial charge in [0, 0.05) is 0 Å². The molecule has 1 unspecified atom stereocenters. The summed E-state index contributed by atoms with van der Waals surface area (Å²) < 4.78 is 0. The Morgan fingerprint density at radius 1 is 1.11 bits per heavy atom. The first kappa shape index (κ1) is 13.0. The Morgan fingerprint density at radius 3 is 2.84 bits per heavy atom. The Morgan fingerprint density at radius 2 is 2.00 bits per heavy atom. The third-order valence-electron chi connectivity index (χ3n) is 5.24. The zero-order chi connectivity index (χ0) is 13.1. The normalized spacial score (nSPS) is 26.1. The van der Waals surface area contributed by atoms with Gasteiger partial charge in [-0.05, 0) is 55.1 Å². The minimum Gasteiger partial charge on any atom is -0.0693 e. The summed E-state index contributed by atoms with van der Waals surface area (Å²) >= 11 is 0. The third-order valence-corrected chi connectivity index (χ3v) is 5.24. The number of benzene rings is 1. The fourth-order valence-electron chi connectivity index (χ4n) is 3.93. The van der Waals surface area contributed by atoms with Crippen molar-refractivity contribution in [3.05, 3.63) is 41.0 Å². The van der Waals surface area contributed by atoms with Crippen LogP contribution in [0.15, 0.2) is 29.8 Å². The summed E-state index contributed by atoms with van der Waals surface area (Å²) in [4.78, 5) is 0. The minimum atomic E-state index is 0.987. The molecule has 3 rings (SSSR count). The van der Waals surface area contributed by atoms with Crippen molar-refractivity contribution in [2.75, 3.05) is 0 Å². The van der Waals surface area contributed by atoms with Crippen molar-refractivity contribution in [3.63, 3.8) is 0 Å². The summed E-state index contributed by atoms with van der Waals surface area (Å²) in [5.41, 5.74) is 4.69. The first-order valence-corrected chi connectivity index (χ1v) is 8.10. The van der Waals surface area contributed by atoms with Crippen molar-refractivity contribution < 1.29 is 0 Å². The third kappa shape index (κ3) is 3.11. The number of allylic oxidation sites excluding steroid dienone is 1. The lowest BCUT2D eigenvalue weighted by Crippen LogP contribution is -2.04. The van der Waals surface area contributed by atoms with Gasteiger partial charge in [-0.25, -0.2) is 0 Å². The van der Waals surface area contributed by atoms with E-state index >= 15 is 0 Å². The predicted octanol–water partition coefficient (Wildman–Crippen LogP) is 5.62. The van der Waals surface area contributed by atoms with Gasteiger partial charge in [-0.3, -0.25) is 0 Å². The van der Waals surface area contributed by atoms with Crippen LogP contribution in [0, 0.1) is 11.8 Å². The fraction of sp³-hybridized carbons (Fsp3) is 0.579. The second-order valence-electron chi connectivity index (χ2n) is 6.56. The topological polar surface area (TPSA) is 0 Å². The quantitative estimate of drug-likeness (QED) is 0.654. The molecular weight excluding hydrogens is 228 g/mol. The van der Waals surface area contributed by atoms with Crippen LogP contribution in [0.3, 0.4) is 0 Å². The van der Waals surface area contributed by atoms with E-state index in [1.807, 2.05) is 0 Å². The van der Waals surface area contributed by atoms with Crippen LogP contribution < -0.4 is 0 Å². The molecule has 0 heterocycles. The smallest absolute Gasteiger partial charge is 0.0225 e. The van der Waals surface area contributed by atoms with Crippen molar-refractivity contribution >= 4 is 6.08 Å². The maximum absolute atomic E-state index is 2.46. The summed E-state index contributed by atoms with van der Waals surface area (Å²) in [5, 5.41) is 0. The molecule has 2 aliphatic carbocycles. The van der Waals surface area contributed by atoms with E-state index in [2.05, 4.69) is 37.3 Å². The van der Waals surface area contributed by atoms with Crippen molar-refractivity contribution in [3.8, 4) is 0 Å². The standard InChI is InChI=1S/C19H26/c1-15-6-4-10-17(15)11-5-7-16-12-13-18-8-2-3-9-19(18)14-16/h2-3,8-9,14-15,17H,4-7,10-13H2,1H3/t15?,17-/m0/s1. The van der Waals surface area contributed by atoms with Crippen LogP contribution in [0.2, 0.25) is 0 Å². The highest BCUT2D eigenvalue weighted by atomic mass is 14.3. The van der Waals surface area contributed by atoms with Gasteiger partial charge in [-0.2, -0.15) is 0 Å². The van der Waals surface area contributed by atoms with Crippen LogP contribution in [0.1, 0.15) is 63.0 Å². The van der Waals surface area contributed by atoms with Crippen LogP contribution in [0.4, 0.5) is 0 Å². The molecule has 19 heavy (non-hydrogen) atoms. The van der Waals surface area contributed by atoms with Gasteiger partial charge >= 0.3 is 0 Å². The first-order chi connectivity index (χ1) is 9.33. The van der Waals surface area contributed by atoms with E-state index < -0.39 is 0 Å². The van der Waals surface area contributed by atoms with E-state index in [1.165, 1.54) is 62.5 Å². The van der Waals surface area contributed by atoms with Crippen molar-refractivity contribution in [2.24, 2.45) is 11.8 Å². The molecule has 0 aliphatic heterocycles. The molecule has 0 spiro atoms. The average Bonchev–Trinajstić information content (AvgIpc) is 2.84. The molecule has 0 aromatic heterocycles. The zero-order valence-corrected chi connectivity index (χ0v) is 12.2. The van der Waals surface area contributed by atoms with Crippen molar-refractivity contribution in [1.29, 1.82) is 0 Å². The lowest BCUT2D eigenvalue weighted by Gasteiger charge is -2.18. The van der Waals surface area contributed by atoms with Gasteiger partial charge in [0.2, 0.25) is 0 Å². The van der Waals surface area contributed by atoms with Crippen LogP contribution in [0.5, 0.6) is 0 Å². The molecule has 0 radical (unpaired) electrons. The van der Waals surface area contributed by atoms with Gasteiger partial charge in [-0.15, -0.1) is 0 Å². The first-order valence-electron chi connectivity index (χ1n) is 8.10. The number of aryl methyl sites for hydroxylation is 1. The van der Waals surface area contributed by atoms with E-state index in [4.69, 9.17) is 0 Å². The molecule has 102 valence electrons. The van der Waals surface area contributed by atoms with Crippen molar-refractivity contribution in [1.82, 2.24) is 0 Å². The zero-order valence-electron chi connectivity index (χ0n) is 12.2. The van der Waals surface area contributed by atoms with Gasteiger partial charge in [0.15, 0.2) is 0 Å². The summed E-state index contributed by atoms with van der Waals surface area (Å²) in [7, 11) is 0. The molecule has 0 N–H and O–H groups in total. The van der Waals surface area contributed by atoms with Gasteiger partial charge in [-0.1, -0.05) is 62.1 Å². The molecule has 0 nitrogen and oxygen atoms in total. The van der Waals surface area contributed by atoms with E-state index in [0.29, 0.717) is 0 Å². The van der Waals surface area contributed by atoms with Crippen LogP contribution in [0.25, 0.3) is 6.08 Å². The highest BCUT2D eigenvalue weighted by Crippen LogP contribution is 2.35. The van der Waals surface area contributed by atoms with Crippen LogP contribution in [-0.2, 0) is 6.42 Å². The number of hydrogen-bond donors (Lipinski definition) is 0. The number of rotatable bonds is 4. The predicted molar refractivity (Wildman–Crippen MR) is 83.1 cm³/mol. The van der Waals surface area contributed by atoms with Gasteiger partial charge in [0.1, 0.15) is 0 Å². The lowest BCUT2D eigenvalue weighted by atomic mass is 9.87. The molecule has 1 aromatic carbocycles. The molecule has 0 bridgehead atoms. The minimum absolute atomic E-state index is 0.987. The lowest BCUT2D eigenvalue weighted by molar-refractivity contribution is 0.381. The molecule has 0 saturated heterocycles. The Kier molecular flexibility index (Phi) is 4.06. The van der Waals surface area contributed by atoms with Crippen LogP contribution >= 0.6 is 0 Å². The monoisotopic (exact) mass is 254 g/mol. The SMILES string of the molecule is CC1CCC[C@H]1CCCC1=Cc2ccccc2CC1. The number of hydrogen-bond acceptors (Lipinski definition) is 0. The van der Waals surface area contributed by atoms with Gasteiger partial charge < -0.3 is 0 Å². The number of fused-ring (bicyclic) bond motifs is 1. The molecule has 0 heteroatoms. The Hall–Kier alpha value is -1.04. The molecule has 0 amide bonds. The van der Waals surface area contributed by atoms with Gasteiger partial charge in [0.05, 0.1) is 0 Å². The molecule has 1 saturated carbocycles. The van der Waals surface area contributed by atoms with Gasteiger partial charge in [0.25, 0.3) is 0 Å². The van der Waals surface area contributed by atoms with E-state index in [-0.39, 0.29) is 0 Å². The maximum Gasteiger partial charge on any atom is -0.0225 e. The highest BCUT2D eigenvalue weighted by molar-refractivity contribution is 5.59. The molecule has 1 fully saturated rings. The average molecular weight is 254 g/mol. The van der Waals surface area contributed by atoms with Crippen molar-refractivity contribution in [2.45, 2.75) is 58.3 Å². The van der Waals surface area contributed by atoms with E-state index in [0.717, 1.165) is 11.8 Å². The molecular formula is C19H26. The maximum atomic E-state index is 2.46. The summed E-state index contributed by atoms with van der Waals surface area (Å²) in [5.74, 6) is 2.01. The molecule has 2 atom stereocenters. The molecule has 1 aromatic rings. The fourth-order valence-corrected chi connectivity index (χ4v) is 3.93. The summed E-state index contributed by atoms with van der Waals surface area (Å²) in [6, 6.07) is 8.88. The Balaban J connectivity index is 1.52. The Labute approximate surface area is 117 Å².